The minimum atomic E-state index is -0.464. The summed E-state index contributed by atoms with van der Waals surface area (Å²) in [6.07, 6.45) is 4.93. The third kappa shape index (κ3) is 2.68. The smallest absolute Gasteiger partial charge is 0.231 e. The van der Waals surface area contributed by atoms with E-state index in [1.807, 2.05) is 19.1 Å². The number of hydrogen-bond acceptors (Lipinski definition) is 3. The van der Waals surface area contributed by atoms with Gasteiger partial charge >= 0.3 is 0 Å². The van der Waals surface area contributed by atoms with E-state index in [4.69, 9.17) is 5.73 Å². The molecular weight excluding hydrogens is 250 g/mol. The van der Waals surface area contributed by atoms with Gasteiger partial charge in [-0.25, -0.2) is 0 Å². The predicted octanol–water partition coefficient (Wildman–Crippen LogP) is 2.71. The zero-order chi connectivity index (χ0) is 14.6. The highest BCUT2D eigenvalue weighted by molar-refractivity contribution is 5.96. The van der Waals surface area contributed by atoms with Crippen LogP contribution in [0, 0.1) is 23.7 Å². The van der Waals surface area contributed by atoms with Gasteiger partial charge in [-0.1, -0.05) is 31.4 Å². The van der Waals surface area contributed by atoms with Gasteiger partial charge in [-0.3, -0.25) is 4.79 Å². The van der Waals surface area contributed by atoms with Crippen LogP contribution in [-0.2, 0) is 4.79 Å². The highest BCUT2D eigenvalue weighted by atomic mass is 16.2. The Morgan fingerprint density at radius 3 is 2.70 bits per heavy atom. The van der Waals surface area contributed by atoms with E-state index < -0.39 is 5.41 Å². The second-order valence-corrected chi connectivity index (χ2v) is 5.61. The van der Waals surface area contributed by atoms with Gasteiger partial charge in [0.15, 0.2) is 0 Å². The molecule has 4 nitrogen and oxygen atoms in total. The number of nitriles is 1. The van der Waals surface area contributed by atoms with E-state index >= 15 is 0 Å². The van der Waals surface area contributed by atoms with Crippen LogP contribution in [0.15, 0.2) is 18.2 Å². The lowest BCUT2D eigenvalue weighted by Gasteiger charge is -2.34. The van der Waals surface area contributed by atoms with Crippen LogP contribution >= 0.6 is 0 Å². The molecule has 0 bridgehead atoms. The largest absolute Gasteiger partial charge is 0.329 e. The lowest BCUT2D eigenvalue weighted by atomic mass is 9.73. The van der Waals surface area contributed by atoms with Crippen LogP contribution < -0.4 is 11.1 Å². The number of nitrogens with two attached hydrogens (primary N) is 1. The summed E-state index contributed by atoms with van der Waals surface area (Å²) in [6, 6.07) is 7.65. The lowest BCUT2D eigenvalue weighted by molar-refractivity contribution is -0.126. The van der Waals surface area contributed by atoms with Crippen LogP contribution in [-0.4, -0.2) is 12.5 Å². The van der Waals surface area contributed by atoms with Gasteiger partial charge in [0.05, 0.1) is 16.7 Å². The molecule has 4 heteroatoms. The Bertz CT molecular complexity index is 539. The molecule has 0 aliphatic heterocycles. The first kappa shape index (κ1) is 14.5. The average Bonchev–Trinajstić information content (AvgIpc) is 2.48. The third-order valence-corrected chi connectivity index (χ3v) is 4.32. The number of aryl methyl sites for hydroxylation is 1. The minimum Gasteiger partial charge on any atom is -0.329 e. The van der Waals surface area contributed by atoms with Gasteiger partial charge in [-0.05, 0) is 31.4 Å². The topological polar surface area (TPSA) is 78.9 Å². The standard InChI is InChI=1S/C16H21N3O/c1-12-6-5-7-14(13(12)10-17)19-15(20)16(11-18)8-3-2-4-9-16/h5-7H,2-4,8-9,11,18H2,1H3,(H,19,20). The fourth-order valence-electron chi connectivity index (χ4n) is 2.93. The van der Waals surface area contributed by atoms with Crippen LogP contribution in [0.1, 0.15) is 43.2 Å². The molecule has 1 aromatic rings. The third-order valence-electron chi connectivity index (χ3n) is 4.32. The van der Waals surface area contributed by atoms with Crippen LogP contribution in [0.4, 0.5) is 5.69 Å². The fraction of sp³-hybridized carbons (Fsp3) is 0.500. The van der Waals surface area contributed by atoms with Crippen molar-refractivity contribution in [2.24, 2.45) is 11.1 Å². The van der Waals surface area contributed by atoms with Gasteiger partial charge in [-0.15, -0.1) is 0 Å². The molecule has 3 N–H and O–H groups in total. The zero-order valence-electron chi connectivity index (χ0n) is 11.9. The maximum atomic E-state index is 12.6. The Kier molecular flexibility index (Phi) is 4.41. The molecule has 1 fully saturated rings. The van der Waals surface area contributed by atoms with Crippen molar-refractivity contribution in [3.8, 4) is 6.07 Å². The molecule has 0 unspecified atom stereocenters. The first-order valence-corrected chi connectivity index (χ1v) is 7.14. The summed E-state index contributed by atoms with van der Waals surface area (Å²) in [7, 11) is 0. The number of amides is 1. The van der Waals surface area contributed by atoms with Gasteiger partial charge in [0, 0.05) is 6.54 Å². The molecule has 2 rings (SSSR count). The van der Waals surface area contributed by atoms with E-state index in [0.717, 1.165) is 31.2 Å². The van der Waals surface area contributed by atoms with Gasteiger partial charge in [0.2, 0.25) is 5.91 Å². The number of carbonyl (C=O) groups excluding carboxylic acids is 1. The quantitative estimate of drug-likeness (QED) is 0.887. The first-order valence-electron chi connectivity index (χ1n) is 7.14. The number of hydrogen-bond donors (Lipinski definition) is 2. The second kappa shape index (κ2) is 6.06. The maximum absolute atomic E-state index is 12.6. The van der Waals surface area contributed by atoms with Crippen LogP contribution in [0.25, 0.3) is 0 Å². The molecule has 1 aliphatic rings. The molecule has 0 heterocycles. The molecular formula is C16H21N3O. The summed E-state index contributed by atoms with van der Waals surface area (Å²) >= 11 is 0. The Labute approximate surface area is 120 Å². The Morgan fingerprint density at radius 2 is 2.10 bits per heavy atom. The molecule has 0 atom stereocenters. The number of nitrogens with one attached hydrogen (secondary N) is 1. The van der Waals surface area contributed by atoms with Crippen LogP contribution in [0.2, 0.25) is 0 Å². The van der Waals surface area contributed by atoms with Gasteiger partial charge in [-0.2, -0.15) is 5.26 Å². The van der Waals surface area contributed by atoms with E-state index in [1.165, 1.54) is 6.42 Å². The monoisotopic (exact) mass is 271 g/mol. The summed E-state index contributed by atoms with van der Waals surface area (Å²) in [5.74, 6) is -0.0400. The number of anilines is 1. The summed E-state index contributed by atoms with van der Waals surface area (Å²) in [6.45, 7) is 2.24. The Morgan fingerprint density at radius 1 is 1.40 bits per heavy atom. The minimum absolute atomic E-state index is 0.0400. The molecule has 1 aromatic carbocycles. The zero-order valence-corrected chi connectivity index (χ0v) is 11.9. The predicted molar refractivity (Wildman–Crippen MR) is 79.1 cm³/mol. The normalized spacial score (nSPS) is 17.2. The van der Waals surface area contributed by atoms with Crippen LogP contribution in [0.5, 0.6) is 0 Å². The van der Waals surface area contributed by atoms with Gasteiger partial charge < -0.3 is 11.1 Å². The molecule has 0 spiro atoms. The molecule has 0 aromatic heterocycles. The molecule has 1 amide bonds. The van der Waals surface area contributed by atoms with E-state index in [2.05, 4.69) is 11.4 Å². The molecule has 20 heavy (non-hydrogen) atoms. The molecule has 0 saturated heterocycles. The highest BCUT2D eigenvalue weighted by Crippen LogP contribution is 2.36. The Hall–Kier alpha value is -1.86. The van der Waals surface area contributed by atoms with Gasteiger partial charge in [0.25, 0.3) is 0 Å². The van der Waals surface area contributed by atoms with E-state index in [-0.39, 0.29) is 5.91 Å². The van der Waals surface area contributed by atoms with Crippen molar-refractivity contribution < 1.29 is 4.79 Å². The van der Waals surface area contributed by atoms with Crippen molar-refractivity contribution in [3.63, 3.8) is 0 Å². The molecule has 1 saturated carbocycles. The van der Waals surface area contributed by atoms with Crippen molar-refractivity contribution in [2.75, 3.05) is 11.9 Å². The number of nitrogens with zero attached hydrogens (tertiary/aromatic N) is 1. The lowest BCUT2D eigenvalue weighted by Crippen LogP contribution is -2.44. The van der Waals surface area contributed by atoms with Crippen molar-refractivity contribution in [2.45, 2.75) is 39.0 Å². The number of carbonyl (C=O) groups is 1. The molecule has 0 radical (unpaired) electrons. The van der Waals surface area contributed by atoms with Crippen molar-refractivity contribution in [1.29, 1.82) is 5.26 Å². The summed E-state index contributed by atoms with van der Waals surface area (Å²) in [5.41, 5.74) is 7.40. The fourth-order valence-corrected chi connectivity index (χ4v) is 2.93. The highest BCUT2D eigenvalue weighted by Gasteiger charge is 2.38. The molecule has 106 valence electrons. The molecule has 1 aliphatic carbocycles. The van der Waals surface area contributed by atoms with Crippen LogP contribution in [0.3, 0.4) is 0 Å². The van der Waals surface area contributed by atoms with E-state index in [0.29, 0.717) is 17.8 Å². The summed E-state index contributed by atoms with van der Waals surface area (Å²) in [4.78, 5) is 12.6. The van der Waals surface area contributed by atoms with Gasteiger partial charge in [0.1, 0.15) is 6.07 Å². The number of benzene rings is 1. The maximum Gasteiger partial charge on any atom is 0.231 e. The van der Waals surface area contributed by atoms with Crippen molar-refractivity contribution in [1.82, 2.24) is 0 Å². The summed E-state index contributed by atoms with van der Waals surface area (Å²) in [5, 5.41) is 12.1. The van der Waals surface area contributed by atoms with E-state index in [1.54, 1.807) is 6.07 Å². The number of rotatable bonds is 3. The Balaban J connectivity index is 2.23. The summed E-state index contributed by atoms with van der Waals surface area (Å²) < 4.78 is 0. The van der Waals surface area contributed by atoms with Crippen molar-refractivity contribution in [3.05, 3.63) is 29.3 Å². The van der Waals surface area contributed by atoms with Crippen molar-refractivity contribution >= 4 is 11.6 Å². The van der Waals surface area contributed by atoms with E-state index in [9.17, 15) is 10.1 Å². The average molecular weight is 271 g/mol. The first-order chi connectivity index (χ1) is 9.63. The SMILES string of the molecule is Cc1cccc(NC(=O)C2(CN)CCCCC2)c1C#N. The second-order valence-electron chi connectivity index (χ2n) is 5.61.